The molecule has 0 bridgehead atoms. The summed E-state index contributed by atoms with van der Waals surface area (Å²) >= 11 is 0. The van der Waals surface area contributed by atoms with E-state index in [-0.39, 0.29) is 6.42 Å². The van der Waals surface area contributed by atoms with Gasteiger partial charge >= 0.3 is 5.97 Å². The molecule has 1 heterocycles. The minimum Gasteiger partial charge on any atom is -0.481 e. The Balaban J connectivity index is 2.82. The maximum Gasteiger partial charge on any atom is 0.303 e. The molecule has 0 aliphatic rings. The second-order valence-corrected chi connectivity index (χ2v) is 3.20. The maximum absolute atomic E-state index is 10.4. The molecule has 4 heteroatoms. The van der Waals surface area contributed by atoms with Gasteiger partial charge in [-0.3, -0.25) is 4.79 Å². The summed E-state index contributed by atoms with van der Waals surface area (Å²) in [4.78, 5) is 10.4. The fraction of sp³-hybridized carbons (Fsp3) is 0.500. The lowest BCUT2D eigenvalue weighted by molar-refractivity contribution is -0.136. The third-order valence-corrected chi connectivity index (χ3v) is 2.03. The zero-order chi connectivity index (χ0) is 10.6. The molecule has 0 saturated carbocycles. The van der Waals surface area contributed by atoms with Crippen molar-refractivity contribution in [3.05, 3.63) is 23.0 Å². The van der Waals surface area contributed by atoms with Crippen molar-refractivity contribution in [1.82, 2.24) is 10.2 Å². The van der Waals surface area contributed by atoms with Gasteiger partial charge in [0.2, 0.25) is 0 Å². The van der Waals surface area contributed by atoms with Gasteiger partial charge in [-0.25, -0.2) is 0 Å². The predicted molar refractivity (Wildman–Crippen MR) is 52.1 cm³/mol. The van der Waals surface area contributed by atoms with Crippen molar-refractivity contribution in [2.75, 3.05) is 0 Å². The van der Waals surface area contributed by atoms with E-state index in [4.69, 9.17) is 5.11 Å². The Kier molecular flexibility index (Phi) is 3.56. The first-order chi connectivity index (χ1) is 6.63. The first-order valence-electron chi connectivity index (χ1n) is 4.67. The van der Waals surface area contributed by atoms with E-state index in [1.54, 1.807) is 0 Å². The molecular formula is C10H14N2O2. The lowest BCUT2D eigenvalue weighted by Gasteiger charge is -2.05. The smallest absolute Gasteiger partial charge is 0.303 e. The van der Waals surface area contributed by atoms with Crippen LogP contribution in [0.1, 0.15) is 30.3 Å². The van der Waals surface area contributed by atoms with Crippen LogP contribution in [0, 0.1) is 6.92 Å². The second-order valence-electron chi connectivity index (χ2n) is 3.20. The van der Waals surface area contributed by atoms with E-state index in [1.165, 1.54) is 0 Å². The minimum absolute atomic E-state index is 0.151. The highest BCUT2D eigenvalue weighted by Gasteiger charge is 2.06. The van der Waals surface area contributed by atoms with Gasteiger partial charge in [0.25, 0.3) is 0 Å². The number of hydrogen-bond acceptors (Lipinski definition) is 3. The van der Waals surface area contributed by atoms with Crippen LogP contribution in [0.4, 0.5) is 0 Å². The summed E-state index contributed by atoms with van der Waals surface area (Å²) in [6.07, 6.45) is 1.48. The standard InChI is InChI=1S/C10H14N2O2/c1-3-9-8(4-5-10(13)14)6-7(2)11-12-9/h6H,3-5H2,1-2H3,(H,13,14). The summed E-state index contributed by atoms with van der Waals surface area (Å²) in [5.74, 6) is -0.776. The number of hydrogen-bond donors (Lipinski definition) is 1. The van der Waals surface area contributed by atoms with Crippen molar-refractivity contribution >= 4 is 5.97 Å². The van der Waals surface area contributed by atoms with E-state index < -0.39 is 5.97 Å². The molecule has 0 unspecified atom stereocenters. The first kappa shape index (κ1) is 10.6. The lowest BCUT2D eigenvalue weighted by atomic mass is 10.1. The molecule has 1 aromatic heterocycles. The highest BCUT2D eigenvalue weighted by Crippen LogP contribution is 2.09. The summed E-state index contributed by atoms with van der Waals surface area (Å²) in [6, 6.07) is 1.91. The SMILES string of the molecule is CCc1nnc(C)cc1CCC(=O)O. The normalized spacial score (nSPS) is 10.1. The Bertz CT molecular complexity index is 337. The van der Waals surface area contributed by atoms with Crippen LogP contribution in [0.5, 0.6) is 0 Å². The van der Waals surface area contributed by atoms with E-state index in [0.29, 0.717) is 6.42 Å². The topological polar surface area (TPSA) is 63.1 Å². The Morgan fingerprint density at radius 3 is 2.79 bits per heavy atom. The van der Waals surface area contributed by atoms with Crippen molar-refractivity contribution in [2.24, 2.45) is 0 Å². The van der Waals surface area contributed by atoms with Gasteiger partial charge in [-0.2, -0.15) is 10.2 Å². The van der Waals surface area contributed by atoms with Gasteiger partial charge < -0.3 is 5.11 Å². The van der Waals surface area contributed by atoms with Crippen LogP contribution >= 0.6 is 0 Å². The molecule has 14 heavy (non-hydrogen) atoms. The lowest BCUT2D eigenvalue weighted by Crippen LogP contribution is -2.04. The van der Waals surface area contributed by atoms with Gasteiger partial charge in [0.15, 0.2) is 0 Å². The third kappa shape index (κ3) is 2.80. The summed E-state index contributed by atoms with van der Waals surface area (Å²) in [6.45, 7) is 3.85. The number of aromatic nitrogens is 2. The molecule has 4 nitrogen and oxygen atoms in total. The third-order valence-electron chi connectivity index (χ3n) is 2.03. The largest absolute Gasteiger partial charge is 0.481 e. The quantitative estimate of drug-likeness (QED) is 0.786. The second kappa shape index (κ2) is 4.69. The fourth-order valence-corrected chi connectivity index (χ4v) is 1.32. The van der Waals surface area contributed by atoms with Crippen LogP contribution in [0.15, 0.2) is 6.07 Å². The molecule has 76 valence electrons. The summed E-state index contributed by atoms with van der Waals surface area (Å²) in [5.41, 5.74) is 2.74. The van der Waals surface area contributed by atoms with Gasteiger partial charge in [-0.15, -0.1) is 0 Å². The Morgan fingerprint density at radius 1 is 1.50 bits per heavy atom. The van der Waals surface area contributed by atoms with Crippen LogP contribution in [-0.2, 0) is 17.6 Å². The highest BCUT2D eigenvalue weighted by molar-refractivity contribution is 5.67. The minimum atomic E-state index is -0.776. The van der Waals surface area contributed by atoms with Crippen LogP contribution in [0.3, 0.4) is 0 Å². The highest BCUT2D eigenvalue weighted by atomic mass is 16.4. The Labute approximate surface area is 83.0 Å². The number of aliphatic carboxylic acids is 1. The molecular weight excluding hydrogens is 180 g/mol. The molecule has 0 saturated heterocycles. The van der Waals surface area contributed by atoms with Crippen LogP contribution in [-0.4, -0.2) is 21.3 Å². The first-order valence-corrected chi connectivity index (χ1v) is 4.67. The number of nitrogens with zero attached hydrogens (tertiary/aromatic N) is 2. The van der Waals surface area contributed by atoms with Crippen molar-refractivity contribution in [2.45, 2.75) is 33.1 Å². The summed E-state index contributed by atoms with van der Waals surface area (Å²) in [7, 11) is 0. The average Bonchev–Trinajstić information content (AvgIpc) is 2.15. The predicted octanol–water partition coefficient (Wildman–Crippen LogP) is 1.36. The Morgan fingerprint density at radius 2 is 2.21 bits per heavy atom. The van der Waals surface area contributed by atoms with E-state index in [9.17, 15) is 4.79 Å². The van der Waals surface area contributed by atoms with E-state index in [1.807, 2.05) is 19.9 Å². The summed E-state index contributed by atoms with van der Waals surface area (Å²) < 4.78 is 0. The van der Waals surface area contributed by atoms with E-state index >= 15 is 0 Å². The maximum atomic E-state index is 10.4. The molecule has 1 aromatic rings. The number of carboxylic acids is 1. The molecule has 0 aliphatic carbocycles. The molecule has 1 N–H and O–H groups in total. The molecule has 0 amide bonds. The molecule has 0 radical (unpaired) electrons. The monoisotopic (exact) mass is 194 g/mol. The van der Waals surface area contributed by atoms with Gasteiger partial charge in [0.1, 0.15) is 0 Å². The van der Waals surface area contributed by atoms with Crippen LogP contribution in [0.25, 0.3) is 0 Å². The van der Waals surface area contributed by atoms with Crippen molar-refractivity contribution < 1.29 is 9.90 Å². The molecule has 1 rings (SSSR count). The number of carboxylic acid groups (broad SMARTS) is 1. The molecule has 0 spiro atoms. The molecule has 0 aromatic carbocycles. The average molecular weight is 194 g/mol. The molecule has 0 fully saturated rings. The van der Waals surface area contributed by atoms with Crippen molar-refractivity contribution in [3.8, 4) is 0 Å². The van der Waals surface area contributed by atoms with Crippen molar-refractivity contribution in [3.63, 3.8) is 0 Å². The van der Waals surface area contributed by atoms with E-state index in [2.05, 4.69) is 10.2 Å². The van der Waals surface area contributed by atoms with Gasteiger partial charge in [-0.05, 0) is 31.4 Å². The van der Waals surface area contributed by atoms with Crippen molar-refractivity contribution in [1.29, 1.82) is 0 Å². The number of rotatable bonds is 4. The van der Waals surface area contributed by atoms with Crippen LogP contribution in [0.2, 0.25) is 0 Å². The summed E-state index contributed by atoms with van der Waals surface area (Å²) in [5, 5.41) is 16.5. The van der Waals surface area contributed by atoms with E-state index in [0.717, 1.165) is 23.4 Å². The van der Waals surface area contributed by atoms with Crippen LogP contribution < -0.4 is 0 Å². The van der Waals surface area contributed by atoms with Gasteiger partial charge in [0.05, 0.1) is 11.4 Å². The number of carbonyl (C=O) groups is 1. The fourth-order valence-electron chi connectivity index (χ4n) is 1.32. The zero-order valence-corrected chi connectivity index (χ0v) is 8.45. The Hall–Kier alpha value is -1.45. The van der Waals surface area contributed by atoms with Gasteiger partial charge in [-0.1, -0.05) is 6.92 Å². The van der Waals surface area contributed by atoms with Gasteiger partial charge in [0, 0.05) is 6.42 Å². The number of aryl methyl sites for hydroxylation is 3. The molecule has 0 aliphatic heterocycles. The zero-order valence-electron chi connectivity index (χ0n) is 8.45. The molecule has 0 atom stereocenters.